The molecule has 0 heterocycles. The van der Waals surface area contributed by atoms with Crippen molar-refractivity contribution in [2.45, 2.75) is 74.7 Å². The molecule has 0 aliphatic heterocycles. The first-order valence-corrected chi connectivity index (χ1v) is 15.5. The summed E-state index contributed by atoms with van der Waals surface area (Å²) in [7, 11) is 0. The standard InChI is InChI=1S/C40H42O3/c1-22-21-38(7)27(6)39(8)24(3)34-31(29-18-14-11-15-19-29)20-30(28-16-12-10-13-17-28)23(2)33(34)36(42)35(39)25(4)40(38,9)37(43)32(22)26(5)41/h10-20,24,27H,21H2,1-9H3. The van der Waals surface area contributed by atoms with Gasteiger partial charge in [0.15, 0.2) is 17.3 Å². The molecule has 3 aromatic rings. The number of benzene rings is 3. The Labute approximate surface area is 256 Å². The van der Waals surface area contributed by atoms with Crippen molar-refractivity contribution in [1.82, 2.24) is 0 Å². The first kappa shape index (κ1) is 29.2. The average Bonchev–Trinajstić information content (AvgIpc) is 2.98. The number of hydrogen-bond acceptors (Lipinski definition) is 3. The van der Waals surface area contributed by atoms with Gasteiger partial charge in [-0.05, 0) is 97.7 Å². The van der Waals surface area contributed by atoms with Gasteiger partial charge in [-0.3, -0.25) is 14.4 Å². The summed E-state index contributed by atoms with van der Waals surface area (Å²) in [6, 6.07) is 23.0. The van der Waals surface area contributed by atoms with Gasteiger partial charge in [-0.15, -0.1) is 0 Å². The maximum atomic E-state index is 15.2. The highest BCUT2D eigenvalue weighted by Gasteiger charge is 2.68. The fraction of sp³-hybridized carbons (Fsp3) is 0.375. The van der Waals surface area contributed by atoms with Crippen molar-refractivity contribution < 1.29 is 14.4 Å². The fourth-order valence-corrected chi connectivity index (χ4v) is 9.45. The molecule has 0 bridgehead atoms. The van der Waals surface area contributed by atoms with E-state index in [1.54, 1.807) is 0 Å². The second kappa shape index (κ2) is 9.58. The van der Waals surface area contributed by atoms with Crippen LogP contribution in [0, 0.1) is 29.1 Å². The summed E-state index contributed by atoms with van der Waals surface area (Å²) < 4.78 is 0. The van der Waals surface area contributed by atoms with Crippen LogP contribution in [0.5, 0.6) is 0 Å². The molecule has 0 spiro atoms. The Balaban J connectivity index is 1.72. The van der Waals surface area contributed by atoms with Crippen molar-refractivity contribution in [2.75, 3.05) is 0 Å². The Kier molecular flexibility index (Phi) is 6.51. The maximum Gasteiger partial charge on any atom is 0.190 e. The molecule has 220 valence electrons. The number of fused-ring (bicyclic) bond motifs is 3. The predicted molar refractivity (Wildman–Crippen MR) is 174 cm³/mol. The summed E-state index contributed by atoms with van der Waals surface area (Å²) in [4.78, 5) is 42.4. The van der Waals surface area contributed by atoms with Gasteiger partial charge in [0.2, 0.25) is 0 Å². The molecule has 0 radical (unpaired) electrons. The molecular weight excluding hydrogens is 528 g/mol. The molecule has 0 saturated carbocycles. The van der Waals surface area contributed by atoms with E-state index in [2.05, 4.69) is 77.1 Å². The lowest BCUT2D eigenvalue weighted by atomic mass is 9.37. The van der Waals surface area contributed by atoms with Gasteiger partial charge in [0.1, 0.15) is 0 Å². The summed E-state index contributed by atoms with van der Waals surface area (Å²) >= 11 is 0. The van der Waals surface area contributed by atoms with E-state index in [-0.39, 0.29) is 29.2 Å². The van der Waals surface area contributed by atoms with Crippen LogP contribution in [0.4, 0.5) is 0 Å². The SMILES string of the molecule is CC(=O)C1=C(C)CC2(C)C(C)C3(C)C(=C(C)C2(C)C1=O)C(=O)c1c(C)c(-c2ccccc2)cc(-c2ccccc2)c1C3C. The van der Waals surface area contributed by atoms with Crippen molar-refractivity contribution in [3.8, 4) is 22.3 Å². The molecule has 6 rings (SSSR count). The van der Waals surface area contributed by atoms with Gasteiger partial charge in [-0.2, -0.15) is 0 Å². The Bertz CT molecular complexity index is 1790. The first-order chi connectivity index (χ1) is 20.2. The quantitative estimate of drug-likeness (QED) is 0.295. The van der Waals surface area contributed by atoms with E-state index >= 15 is 4.79 Å². The lowest BCUT2D eigenvalue weighted by Crippen LogP contribution is -2.62. The van der Waals surface area contributed by atoms with Crippen LogP contribution in [0.25, 0.3) is 22.3 Å². The number of ketones is 3. The average molecular weight is 571 g/mol. The second-order valence-corrected chi connectivity index (χ2v) is 13.9. The lowest BCUT2D eigenvalue weighted by molar-refractivity contribution is -0.139. The molecule has 0 fully saturated rings. The first-order valence-electron chi connectivity index (χ1n) is 15.5. The van der Waals surface area contributed by atoms with Crippen molar-refractivity contribution in [2.24, 2.45) is 22.2 Å². The van der Waals surface area contributed by atoms with Crippen molar-refractivity contribution >= 4 is 17.3 Å². The summed E-state index contributed by atoms with van der Waals surface area (Å²) in [5.41, 5.74) is 8.01. The van der Waals surface area contributed by atoms with E-state index in [0.29, 0.717) is 12.0 Å². The molecule has 5 atom stereocenters. The fourth-order valence-electron chi connectivity index (χ4n) is 9.45. The maximum absolute atomic E-state index is 15.2. The molecule has 43 heavy (non-hydrogen) atoms. The van der Waals surface area contributed by atoms with Crippen LogP contribution in [0.15, 0.2) is 89.0 Å². The zero-order chi connectivity index (χ0) is 31.2. The van der Waals surface area contributed by atoms with Crippen LogP contribution >= 0.6 is 0 Å². The minimum absolute atomic E-state index is 0.00819. The van der Waals surface area contributed by atoms with Crippen LogP contribution in [-0.4, -0.2) is 17.3 Å². The van der Waals surface area contributed by atoms with Crippen molar-refractivity contribution in [3.05, 3.63) is 106 Å². The van der Waals surface area contributed by atoms with E-state index in [1.807, 2.05) is 45.0 Å². The third kappa shape index (κ3) is 3.57. The van der Waals surface area contributed by atoms with Gasteiger partial charge < -0.3 is 0 Å². The molecule has 3 nitrogen and oxygen atoms in total. The van der Waals surface area contributed by atoms with Gasteiger partial charge >= 0.3 is 0 Å². The molecule has 0 aromatic heterocycles. The van der Waals surface area contributed by atoms with Crippen molar-refractivity contribution in [1.29, 1.82) is 0 Å². The Morgan fingerprint density at radius 1 is 0.814 bits per heavy atom. The van der Waals surface area contributed by atoms with E-state index in [9.17, 15) is 9.59 Å². The number of hydrogen-bond donors (Lipinski definition) is 0. The molecule has 5 unspecified atom stereocenters. The molecule has 0 amide bonds. The molecule has 3 heteroatoms. The highest BCUT2D eigenvalue weighted by Crippen LogP contribution is 2.71. The van der Waals surface area contributed by atoms with Crippen LogP contribution in [-0.2, 0) is 9.59 Å². The number of Topliss-reactive ketones (excluding diaryl/α,β-unsaturated/α-hetero) is 3. The monoisotopic (exact) mass is 570 g/mol. The van der Waals surface area contributed by atoms with Crippen LogP contribution in [0.1, 0.15) is 89.2 Å². The molecule has 3 aliphatic rings. The summed E-state index contributed by atoms with van der Waals surface area (Å²) in [6.07, 6.45) is 0.650. The molecule has 3 aromatic carbocycles. The van der Waals surface area contributed by atoms with E-state index < -0.39 is 16.2 Å². The van der Waals surface area contributed by atoms with Gasteiger partial charge in [0.25, 0.3) is 0 Å². The molecular formula is C40H42O3. The highest BCUT2D eigenvalue weighted by molar-refractivity contribution is 6.24. The molecule has 0 saturated heterocycles. The van der Waals surface area contributed by atoms with Gasteiger partial charge in [0.05, 0.1) is 11.0 Å². The Morgan fingerprint density at radius 3 is 1.88 bits per heavy atom. The summed E-state index contributed by atoms with van der Waals surface area (Å²) in [6.45, 7) is 18.5. The predicted octanol–water partition coefficient (Wildman–Crippen LogP) is 9.49. The lowest BCUT2D eigenvalue weighted by Gasteiger charge is -2.64. The van der Waals surface area contributed by atoms with Crippen LogP contribution in [0.2, 0.25) is 0 Å². The van der Waals surface area contributed by atoms with Crippen LogP contribution in [0.3, 0.4) is 0 Å². The van der Waals surface area contributed by atoms with Crippen molar-refractivity contribution in [3.63, 3.8) is 0 Å². The largest absolute Gasteiger partial charge is 0.294 e. The normalized spacial score (nSPS) is 30.2. The highest BCUT2D eigenvalue weighted by atomic mass is 16.2. The number of carbonyl (C=O) groups excluding carboxylic acids is 3. The van der Waals surface area contributed by atoms with Gasteiger partial charge in [-0.1, -0.05) is 99.5 Å². The number of allylic oxidation sites excluding steroid dienone is 4. The molecule has 0 N–H and O–H groups in total. The van der Waals surface area contributed by atoms with E-state index in [0.717, 1.165) is 55.7 Å². The molecule has 3 aliphatic carbocycles. The third-order valence-corrected chi connectivity index (χ3v) is 12.3. The second-order valence-electron chi connectivity index (χ2n) is 13.9. The number of carbonyl (C=O) groups is 3. The smallest absolute Gasteiger partial charge is 0.190 e. The zero-order valence-electron chi connectivity index (χ0n) is 26.9. The van der Waals surface area contributed by atoms with Gasteiger partial charge in [-0.25, -0.2) is 0 Å². The summed E-state index contributed by atoms with van der Waals surface area (Å²) in [5, 5.41) is 0. The van der Waals surface area contributed by atoms with Gasteiger partial charge in [0, 0.05) is 16.6 Å². The van der Waals surface area contributed by atoms with E-state index in [4.69, 9.17) is 0 Å². The minimum Gasteiger partial charge on any atom is -0.294 e. The third-order valence-electron chi connectivity index (χ3n) is 12.3. The Morgan fingerprint density at radius 2 is 1.35 bits per heavy atom. The topological polar surface area (TPSA) is 51.2 Å². The summed E-state index contributed by atoms with van der Waals surface area (Å²) in [5.74, 6) is -0.292. The zero-order valence-corrected chi connectivity index (χ0v) is 26.9. The Hall–Kier alpha value is -3.85. The number of rotatable bonds is 3. The minimum atomic E-state index is -0.956. The van der Waals surface area contributed by atoms with E-state index in [1.165, 1.54) is 6.92 Å². The van der Waals surface area contributed by atoms with Crippen LogP contribution < -0.4 is 0 Å².